The van der Waals surface area contributed by atoms with Gasteiger partial charge < -0.3 is 14.6 Å². The monoisotopic (exact) mass is 320 g/mol. The first-order valence-electron chi connectivity index (χ1n) is 9.52. The first-order chi connectivity index (χ1) is 10.8. The average molecular weight is 320 g/mol. The SMILES string of the molecule is C=C1CC[C@H](C(C)C)[C@@H]2[C@H]1[C@@H]1O[C@H]2[C@@]2(C)CC[C@@H](O)C(C)[C@H]1O2. The molecule has 4 rings (SSSR count). The van der Waals surface area contributed by atoms with Crippen molar-refractivity contribution in [1.29, 1.82) is 0 Å². The molecule has 3 heteroatoms. The lowest BCUT2D eigenvalue weighted by Crippen LogP contribution is -2.54. The van der Waals surface area contributed by atoms with Gasteiger partial charge in [0.2, 0.25) is 0 Å². The maximum atomic E-state index is 10.5. The molecule has 3 aliphatic heterocycles. The minimum Gasteiger partial charge on any atom is -0.393 e. The summed E-state index contributed by atoms with van der Waals surface area (Å²) in [6.07, 6.45) is 4.07. The van der Waals surface area contributed by atoms with Gasteiger partial charge in [0, 0.05) is 17.8 Å². The topological polar surface area (TPSA) is 38.7 Å². The molecule has 0 spiro atoms. The van der Waals surface area contributed by atoms with Crippen LogP contribution >= 0.6 is 0 Å². The number of aliphatic hydroxyl groups excluding tert-OH is 1. The molecule has 1 N–H and O–H groups in total. The second-order valence-corrected chi connectivity index (χ2v) is 9.09. The van der Waals surface area contributed by atoms with Gasteiger partial charge in [-0.25, -0.2) is 0 Å². The van der Waals surface area contributed by atoms with E-state index in [1.54, 1.807) is 0 Å². The summed E-state index contributed by atoms with van der Waals surface area (Å²) in [5.41, 5.74) is 1.11. The molecule has 0 radical (unpaired) electrons. The number of hydrogen-bond donors (Lipinski definition) is 1. The number of fused-ring (bicyclic) bond motifs is 9. The van der Waals surface area contributed by atoms with Crippen molar-refractivity contribution in [2.45, 2.75) is 83.4 Å². The van der Waals surface area contributed by atoms with Gasteiger partial charge in [-0.3, -0.25) is 0 Å². The second-order valence-electron chi connectivity index (χ2n) is 9.09. The van der Waals surface area contributed by atoms with Gasteiger partial charge in [0.15, 0.2) is 0 Å². The third kappa shape index (κ3) is 2.19. The van der Waals surface area contributed by atoms with E-state index in [2.05, 4.69) is 34.3 Å². The van der Waals surface area contributed by atoms with Crippen LogP contribution in [-0.2, 0) is 9.47 Å². The third-order valence-corrected chi connectivity index (χ3v) is 7.44. The van der Waals surface area contributed by atoms with Crippen LogP contribution in [0.25, 0.3) is 0 Å². The molecule has 4 fully saturated rings. The van der Waals surface area contributed by atoms with Gasteiger partial charge in [0.1, 0.15) is 0 Å². The maximum absolute atomic E-state index is 10.5. The van der Waals surface area contributed by atoms with Crippen LogP contribution in [0.5, 0.6) is 0 Å². The molecule has 1 saturated carbocycles. The lowest BCUT2D eigenvalue weighted by atomic mass is 9.61. The fourth-order valence-electron chi connectivity index (χ4n) is 6.04. The van der Waals surface area contributed by atoms with E-state index in [0.29, 0.717) is 23.7 Å². The maximum Gasteiger partial charge on any atom is 0.0924 e. The lowest BCUT2D eigenvalue weighted by Gasteiger charge is -2.45. The van der Waals surface area contributed by atoms with E-state index < -0.39 is 0 Å². The lowest BCUT2D eigenvalue weighted by molar-refractivity contribution is -0.253. The first kappa shape index (κ1) is 16.1. The fraction of sp³-hybridized carbons (Fsp3) is 0.900. The standard InChI is InChI=1S/C20H32O3/c1-10(2)13-7-6-11(3)15-16(13)19-20(5)9-8-14(21)12(4)17(23-20)18(15)22-19/h10,12-19,21H,3,6-9H2,1-2,4-5H3/t12?,13-,14-,15+,16-,17-,18+,19-,20-/m1/s1. The van der Waals surface area contributed by atoms with Crippen molar-refractivity contribution < 1.29 is 14.6 Å². The molecule has 0 aromatic heterocycles. The summed E-state index contributed by atoms with van der Waals surface area (Å²) < 4.78 is 13.3. The minimum atomic E-state index is -0.277. The molecular weight excluding hydrogens is 288 g/mol. The molecule has 23 heavy (non-hydrogen) atoms. The second kappa shape index (κ2) is 5.31. The Bertz CT molecular complexity index is 501. The number of ether oxygens (including phenoxy) is 2. The highest BCUT2D eigenvalue weighted by molar-refractivity contribution is 5.21. The van der Waals surface area contributed by atoms with Crippen molar-refractivity contribution in [1.82, 2.24) is 0 Å². The Balaban J connectivity index is 1.77. The van der Waals surface area contributed by atoms with Gasteiger partial charge in [-0.2, -0.15) is 0 Å². The summed E-state index contributed by atoms with van der Waals surface area (Å²) in [5.74, 6) is 2.46. The van der Waals surface area contributed by atoms with Crippen molar-refractivity contribution in [3.63, 3.8) is 0 Å². The highest BCUT2D eigenvalue weighted by atomic mass is 16.6. The molecule has 3 saturated heterocycles. The predicted octanol–water partition coefficient (Wildman–Crippen LogP) is 3.56. The van der Waals surface area contributed by atoms with Gasteiger partial charge in [0.25, 0.3) is 0 Å². The molecule has 3 nitrogen and oxygen atoms in total. The molecule has 1 unspecified atom stereocenters. The predicted molar refractivity (Wildman–Crippen MR) is 90.0 cm³/mol. The molecule has 0 aromatic rings. The zero-order valence-corrected chi connectivity index (χ0v) is 15.0. The zero-order chi connectivity index (χ0) is 16.5. The summed E-state index contributed by atoms with van der Waals surface area (Å²) in [6, 6.07) is 0. The molecule has 4 aliphatic rings. The quantitative estimate of drug-likeness (QED) is 0.751. The Kier molecular flexibility index (Phi) is 3.72. The Hall–Kier alpha value is -0.380. The molecule has 4 bridgehead atoms. The van der Waals surface area contributed by atoms with E-state index in [-0.39, 0.29) is 35.9 Å². The van der Waals surface area contributed by atoms with Gasteiger partial charge in [-0.1, -0.05) is 32.9 Å². The summed E-state index contributed by atoms with van der Waals surface area (Å²) in [7, 11) is 0. The average Bonchev–Trinajstić information content (AvgIpc) is 2.83. The molecule has 3 heterocycles. The minimum absolute atomic E-state index is 0.00594. The first-order valence-corrected chi connectivity index (χ1v) is 9.52. The van der Waals surface area contributed by atoms with E-state index in [0.717, 1.165) is 19.3 Å². The van der Waals surface area contributed by atoms with Gasteiger partial charge in [-0.05, 0) is 44.4 Å². The molecule has 1 aliphatic carbocycles. The van der Waals surface area contributed by atoms with Gasteiger partial charge in [-0.15, -0.1) is 0 Å². The summed E-state index contributed by atoms with van der Waals surface area (Å²) in [5, 5.41) is 10.5. The third-order valence-electron chi connectivity index (χ3n) is 7.44. The molecular formula is C20H32O3. The zero-order valence-electron chi connectivity index (χ0n) is 15.0. The molecule has 130 valence electrons. The van der Waals surface area contributed by atoms with E-state index >= 15 is 0 Å². The van der Waals surface area contributed by atoms with Gasteiger partial charge in [0.05, 0.1) is 30.0 Å². The highest BCUT2D eigenvalue weighted by Crippen LogP contribution is 2.59. The summed E-state index contributed by atoms with van der Waals surface area (Å²) >= 11 is 0. The van der Waals surface area contributed by atoms with Crippen LogP contribution < -0.4 is 0 Å². The van der Waals surface area contributed by atoms with Crippen LogP contribution in [0.2, 0.25) is 0 Å². The number of hydrogen-bond acceptors (Lipinski definition) is 3. The van der Waals surface area contributed by atoms with Crippen LogP contribution in [0.4, 0.5) is 0 Å². The van der Waals surface area contributed by atoms with Crippen LogP contribution in [-0.4, -0.2) is 35.1 Å². The summed E-state index contributed by atoms with van der Waals surface area (Å²) in [6.45, 7) is 13.5. The van der Waals surface area contributed by atoms with Crippen molar-refractivity contribution >= 4 is 0 Å². The largest absolute Gasteiger partial charge is 0.393 e. The smallest absolute Gasteiger partial charge is 0.0924 e. The van der Waals surface area contributed by atoms with E-state index in [1.165, 1.54) is 12.0 Å². The Morgan fingerprint density at radius 3 is 2.70 bits per heavy atom. The number of aliphatic hydroxyl groups is 1. The van der Waals surface area contributed by atoms with Crippen molar-refractivity contribution in [2.24, 2.45) is 29.6 Å². The van der Waals surface area contributed by atoms with Crippen LogP contribution in [0.1, 0.15) is 53.4 Å². The van der Waals surface area contributed by atoms with Gasteiger partial charge >= 0.3 is 0 Å². The molecule has 0 aromatic carbocycles. The van der Waals surface area contributed by atoms with Crippen molar-refractivity contribution in [3.8, 4) is 0 Å². The molecule has 0 amide bonds. The number of rotatable bonds is 1. The van der Waals surface area contributed by atoms with Crippen molar-refractivity contribution in [2.75, 3.05) is 0 Å². The van der Waals surface area contributed by atoms with Crippen molar-refractivity contribution in [3.05, 3.63) is 12.2 Å². The fourth-order valence-corrected chi connectivity index (χ4v) is 6.04. The Labute approximate surface area is 140 Å². The Morgan fingerprint density at radius 1 is 1.26 bits per heavy atom. The van der Waals surface area contributed by atoms with E-state index in [1.807, 2.05) is 0 Å². The van der Waals surface area contributed by atoms with E-state index in [9.17, 15) is 5.11 Å². The van der Waals surface area contributed by atoms with E-state index in [4.69, 9.17) is 9.47 Å². The van der Waals surface area contributed by atoms with Crippen LogP contribution in [0.3, 0.4) is 0 Å². The normalized spacial score (nSPS) is 55.7. The van der Waals surface area contributed by atoms with Crippen LogP contribution in [0, 0.1) is 29.6 Å². The van der Waals surface area contributed by atoms with Crippen LogP contribution in [0.15, 0.2) is 12.2 Å². The summed E-state index contributed by atoms with van der Waals surface area (Å²) in [4.78, 5) is 0. The molecule has 9 atom stereocenters. The Morgan fingerprint density at radius 2 is 2.00 bits per heavy atom. The highest BCUT2D eigenvalue weighted by Gasteiger charge is 2.65.